The molecule has 2 N–H and O–H groups in total. The van der Waals surface area contributed by atoms with E-state index in [0.717, 1.165) is 19.4 Å². The minimum absolute atomic E-state index is 0.159. The standard InChI is InChI=1S/C20H26ClN3O3S/c1-5-6-9-24(20(2,3)4)10-11-28-19(24)23-18(26)15-12-14(21)7-8-16(15)27-13-17(22)25/h7-8,10-12H,5-6,9,13H2,1-4H3,(H-,22,25)/p+1/b23-19-. The molecule has 2 rings (SSSR count). The van der Waals surface area contributed by atoms with Crippen LogP contribution >= 0.6 is 23.4 Å². The number of primary amides is 1. The van der Waals surface area contributed by atoms with Crippen molar-refractivity contribution in [3.63, 3.8) is 0 Å². The maximum absolute atomic E-state index is 13.0. The van der Waals surface area contributed by atoms with Crippen molar-refractivity contribution in [2.75, 3.05) is 13.2 Å². The Morgan fingerprint density at radius 3 is 2.64 bits per heavy atom. The lowest BCUT2D eigenvalue weighted by Gasteiger charge is -2.42. The molecule has 0 saturated heterocycles. The SMILES string of the molecule is CCCC[N+]1(C(C)(C)C)C=CS/C1=N\C(=O)c1cc(Cl)ccc1OCC(N)=O. The number of amidine groups is 1. The zero-order valence-electron chi connectivity index (χ0n) is 16.7. The predicted molar refractivity (Wildman–Crippen MR) is 114 cm³/mol. The van der Waals surface area contributed by atoms with Crippen LogP contribution in [0.4, 0.5) is 0 Å². The molecule has 8 heteroatoms. The van der Waals surface area contributed by atoms with Gasteiger partial charge in [0.05, 0.1) is 12.1 Å². The third-order valence-corrected chi connectivity index (χ3v) is 5.75. The number of carbonyl (C=O) groups excluding carboxylic acids is 2. The van der Waals surface area contributed by atoms with Crippen LogP contribution in [0, 0.1) is 0 Å². The Labute approximate surface area is 175 Å². The van der Waals surface area contributed by atoms with E-state index in [1.54, 1.807) is 12.1 Å². The van der Waals surface area contributed by atoms with E-state index in [2.05, 4.69) is 38.9 Å². The summed E-state index contributed by atoms with van der Waals surface area (Å²) in [4.78, 5) is 28.5. The van der Waals surface area contributed by atoms with Gasteiger partial charge in [-0.15, -0.1) is 4.99 Å². The smallest absolute Gasteiger partial charge is 0.286 e. The van der Waals surface area contributed by atoms with Crippen LogP contribution in [0.3, 0.4) is 0 Å². The van der Waals surface area contributed by atoms with E-state index in [-0.39, 0.29) is 23.5 Å². The van der Waals surface area contributed by atoms with Crippen LogP contribution < -0.4 is 10.5 Å². The summed E-state index contributed by atoms with van der Waals surface area (Å²) in [5.74, 6) is -0.856. The number of halogens is 1. The summed E-state index contributed by atoms with van der Waals surface area (Å²) in [6, 6.07) is 4.63. The molecule has 0 spiro atoms. The predicted octanol–water partition coefficient (Wildman–Crippen LogP) is 4.33. The molecule has 6 nitrogen and oxygen atoms in total. The van der Waals surface area contributed by atoms with Gasteiger partial charge in [-0.3, -0.25) is 9.59 Å². The van der Waals surface area contributed by atoms with Crippen molar-refractivity contribution in [3.8, 4) is 5.75 Å². The second-order valence-electron chi connectivity index (χ2n) is 7.61. The second kappa shape index (κ2) is 9.11. The number of amides is 2. The molecule has 0 aromatic heterocycles. The quantitative estimate of drug-likeness (QED) is 0.660. The molecular formula is C20H27ClN3O3S+. The third kappa shape index (κ3) is 4.96. The lowest BCUT2D eigenvalue weighted by Crippen LogP contribution is -2.58. The molecule has 1 aromatic rings. The number of rotatable bonds is 7. The van der Waals surface area contributed by atoms with E-state index in [1.807, 2.05) is 5.41 Å². The molecule has 2 amide bonds. The minimum Gasteiger partial charge on any atom is -0.483 e. The van der Waals surface area contributed by atoms with E-state index in [9.17, 15) is 9.59 Å². The van der Waals surface area contributed by atoms with Crippen molar-refractivity contribution >= 4 is 40.3 Å². The number of carbonyl (C=O) groups is 2. The fourth-order valence-corrected chi connectivity index (χ4v) is 4.30. The van der Waals surface area contributed by atoms with Crippen LogP contribution in [-0.4, -0.2) is 40.2 Å². The van der Waals surface area contributed by atoms with Gasteiger partial charge < -0.3 is 10.5 Å². The number of aliphatic imine (C=N–C) groups is 1. The average molecular weight is 425 g/mol. The van der Waals surface area contributed by atoms with Gasteiger partial charge in [0, 0.05) is 10.4 Å². The number of ether oxygens (including phenoxy) is 1. The summed E-state index contributed by atoms with van der Waals surface area (Å²) >= 11 is 7.52. The molecule has 1 aromatic carbocycles. The molecular weight excluding hydrogens is 398 g/mol. The summed E-state index contributed by atoms with van der Waals surface area (Å²) in [5, 5.41) is 3.08. The van der Waals surface area contributed by atoms with Crippen LogP contribution in [0.1, 0.15) is 50.9 Å². The second-order valence-corrected chi connectivity index (χ2v) is 8.92. The van der Waals surface area contributed by atoms with Crippen molar-refractivity contribution in [2.24, 2.45) is 10.7 Å². The lowest BCUT2D eigenvalue weighted by atomic mass is 10.0. The van der Waals surface area contributed by atoms with Crippen molar-refractivity contribution in [3.05, 3.63) is 40.4 Å². The van der Waals surface area contributed by atoms with Gasteiger partial charge in [-0.2, -0.15) is 0 Å². The minimum atomic E-state index is -0.627. The summed E-state index contributed by atoms with van der Waals surface area (Å²) in [6.45, 7) is 9.09. The first-order valence-corrected chi connectivity index (χ1v) is 10.4. The molecule has 0 bridgehead atoms. The molecule has 1 atom stereocenters. The molecule has 1 aliphatic rings. The van der Waals surface area contributed by atoms with E-state index in [0.29, 0.717) is 14.7 Å². The first-order chi connectivity index (χ1) is 13.1. The fourth-order valence-electron chi connectivity index (χ4n) is 2.98. The first kappa shape index (κ1) is 22.5. The van der Waals surface area contributed by atoms with Gasteiger partial charge in [0.15, 0.2) is 6.61 Å². The fraction of sp³-hybridized carbons (Fsp3) is 0.450. The topological polar surface area (TPSA) is 81.8 Å². The number of hydrogen-bond acceptors (Lipinski definition) is 4. The zero-order chi connectivity index (χ0) is 20.9. The number of unbranched alkanes of at least 4 members (excludes halogenated alkanes) is 1. The Morgan fingerprint density at radius 2 is 2.04 bits per heavy atom. The molecule has 28 heavy (non-hydrogen) atoms. The van der Waals surface area contributed by atoms with Crippen LogP contribution in [0.15, 0.2) is 34.8 Å². The van der Waals surface area contributed by atoms with Gasteiger partial charge in [0.25, 0.3) is 17.0 Å². The Balaban J connectivity index is 2.42. The van der Waals surface area contributed by atoms with E-state index < -0.39 is 11.8 Å². The maximum atomic E-state index is 13.0. The Morgan fingerprint density at radius 1 is 1.32 bits per heavy atom. The monoisotopic (exact) mass is 424 g/mol. The van der Waals surface area contributed by atoms with Gasteiger partial charge >= 0.3 is 0 Å². The number of nitrogens with two attached hydrogens (primary N) is 1. The molecule has 1 heterocycles. The lowest BCUT2D eigenvalue weighted by molar-refractivity contribution is -0.835. The Kier molecular flexibility index (Phi) is 7.31. The van der Waals surface area contributed by atoms with Crippen LogP contribution in [0.2, 0.25) is 5.02 Å². The van der Waals surface area contributed by atoms with Crippen LogP contribution in [0.25, 0.3) is 0 Å². The average Bonchev–Trinajstić information content (AvgIpc) is 3.02. The normalized spacial score (nSPS) is 20.5. The highest BCUT2D eigenvalue weighted by Crippen LogP contribution is 2.38. The number of nitrogens with zero attached hydrogens (tertiary/aromatic N) is 2. The maximum Gasteiger partial charge on any atom is 0.286 e. The largest absolute Gasteiger partial charge is 0.483 e. The van der Waals surface area contributed by atoms with Gasteiger partial charge in [-0.1, -0.05) is 24.9 Å². The molecule has 0 radical (unpaired) electrons. The summed E-state index contributed by atoms with van der Waals surface area (Å²) in [6.07, 6.45) is 4.17. The number of benzene rings is 1. The number of thioether (sulfide) groups is 1. The summed E-state index contributed by atoms with van der Waals surface area (Å²) in [5.41, 5.74) is 5.19. The van der Waals surface area contributed by atoms with Gasteiger partial charge in [0.1, 0.15) is 17.5 Å². The summed E-state index contributed by atoms with van der Waals surface area (Å²) < 4.78 is 5.88. The third-order valence-electron chi connectivity index (χ3n) is 4.63. The Hall–Kier alpha value is -1.83. The van der Waals surface area contributed by atoms with Crippen molar-refractivity contribution < 1.29 is 18.8 Å². The molecule has 0 aliphatic carbocycles. The first-order valence-electron chi connectivity index (χ1n) is 9.17. The van der Waals surface area contributed by atoms with Crippen molar-refractivity contribution in [1.82, 2.24) is 0 Å². The molecule has 0 saturated carbocycles. The molecule has 0 fully saturated rings. The van der Waals surface area contributed by atoms with Gasteiger partial charge in [0.2, 0.25) is 0 Å². The highest BCUT2D eigenvalue weighted by atomic mass is 35.5. The molecule has 1 unspecified atom stereocenters. The van der Waals surface area contributed by atoms with Crippen molar-refractivity contribution in [2.45, 2.75) is 46.1 Å². The molecule has 152 valence electrons. The number of hydrogen-bond donors (Lipinski definition) is 1. The van der Waals surface area contributed by atoms with E-state index >= 15 is 0 Å². The Bertz CT molecular complexity index is 817. The van der Waals surface area contributed by atoms with Crippen molar-refractivity contribution in [1.29, 1.82) is 0 Å². The van der Waals surface area contributed by atoms with Crippen LogP contribution in [-0.2, 0) is 4.79 Å². The van der Waals surface area contributed by atoms with Crippen LogP contribution in [0.5, 0.6) is 5.75 Å². The van der Waals surface area contributed by atoms with E-state index in [4.69, 9.17) is 22.1 Å². The highest BCUT2D eigenvalue weighted by Gasteiger charge is 2.47. The highest BCUT2D eigenvalue weighted by molar-refractivity contribution is 8.16. The summed E-state index contributed by atoms with van der Waals surface area (Å²) in [7, 11) is 0. The van der Waals surface area contributed by atoms with Gasteiger partial charge in [-0.25, -0.2) is 4.48 Å². The zero-order valence-corrected chi connectivity index (χ0v) is 18.3. The van der Waals surface area contributed by atoms with E-state index in [1.165, 1.54) is 17.8 Å². The van der Waals surface area contributed by atoms with Gasteiger partial charge in [-0.05, 0) is 57.2 Å². The number of quaternary nitrogens is 1. The molecule has 1 aliphatic heterocycles.